The van der Waals surface area contributed by atoms with Gasteiger partial charge in [0.25, 0.3) is 0 Å². The van der Waals surface area contributed by atoms with Gasteiger partial charge in [-0.3, -0.25) is 4.79 Å². The highest BCUT2D eigenvalue weighted by Crippen LogP contribution is 2.43. The van der Waals surface area contributed by atoms with Crippen molar-refractivity contribution in [1.29, 1.82) is 0 Å². The van der Waals surface area contributed by atoms with Crippen LogP contribution in [0.4, 0.5) is 0 Å². The quantitative estimate of drug-likeness (QED) is 0.521. The number of allylic oxidation sites excluding steroid dienone is 1. The van der Waals surface area contributed by atoms with E-state index in [2.05, 4.69) is 12.1 Å². The molecule has 4 nitrogen and oxygen atoms in total. The second-order valence-corrected chi connectivity index (χ2v) is 8.22. The third-order valence-electron chi connectivity index (χ3n) is 5.39. The van der Waals surface area contributed by atoms with Gasteiger partial charge in [-0.1, -0.05) is 44.2 Å². The predicted octanol–water partition coefficient (Wildman–Crippen LogP) is 5.39. The van der Waals surface area contributed by atoms with Crippen LogP contribution in [0.3, 0.4) is 0 Å². The van der Waals surface area contributed by atoms with Gasteiger partial charge in [-0.05, 0) is 49.8 Å². The molecule has 0 heterocycles. The number of aliphatic hydroxyl groups is 1. The van der Waals surface area contributed by atoms with Gasteiger partial charge >= 0.3 is 0 Å². The standard InChI is InChI=1S/C24H28O4/c1-16(8-7-11-17-9-5-4-6-10-17)28-19-12-18-14-24(2,3)20(15-25)23(27)22(18)21(26)13-19/h4-6,9-10,12-13,15-16,25-26H,7-8,11,14H2,1-3H3. The minimum atomic E-state index is -0.495. The van der Waals surface area contributed by atoms with E-state index in [4.69, 9.17) is 4.74 Å². The number of hydrogen-bond acceptors (Lipinski definition) is 4. The molecular weight excluding hydrogens is 352 g/mol. The Morgan fingerprint density at radius 1 is 1.21 bits per heavy atom. The van der Waals surface area contributed by atoms with E-state index in [1.807, 2.05) is 45.0 Å². The molecule has 148 valence electrons. The summed E-state index contributed by atoms with van der Waals surface area (Å²) in [5, 5.41) is 19.9. The van der Waals surface area contributed by atoms with E-state index in [1.165, 1.54) is 11.6 Å². The normalized spacial score (nSPS) is 18.0. The average Bonchev–Trinajstić information content (AvgIpc) is 2.61. The van der Waals surface area contributed by atoms with Crippen LogP contribution in [0.25, 0.3) is 0 Å². The van der Waals surface area contributed by atoms with Gasteiger partial charge < -0.3 is 14.9 Å². The lowest BCUT2D eigenvalue weighted by molar-refractivity contribution is 0.0987. The molecular formula is C24H28O4. The molecule has 3 rings (SSSR count). The summed E-state index contributed by atoms with van der Waals surface area (Å²) in [5.74, 6) is 0.154. The largest absolute Gasteiger partial charge is 0.515 e. The number of ketones is 1. The van der Waals surface area contributed by atoms with Crippen LogP contribution in [-0.4, -0.2) is 22.1 Å². The van der Waals surface area contributed by atoms with Crippen molar-refractivity contribution in [2.24, 2.45) is 5.41 Å². The van der Waals surface area contributed by atoms with Crippen LogP contribution in [0.2, 0.25) is 0 Å². The molecule has 0 spiro atoms. The van der Waals surface area contributed by atoms with Crippen LogP contribution in [0.5, 0.6) is 11.5 Å². The number of aliphatic hydroxyl groups excluding tert-OH is 1. The number of aryl methyl sites for hydroxylation is 1. The lowest BCUT2D eigenvalue weighted by Gasteiger charge is -2.33. The van der Waals surface area contributed by atoms with E-state index < -0.39 is 5.41 Å². The Hall–Kier alpha value is -2.75. The molecule has 4 heteroatoms. The number of fused-ring (bicyclic) bond motifs is 1. The van der Waals surface area contributed by atoms with Crippen molar-refractivity contribution in [3.63, 3.8) is 0 Å². The summed E-state index contributed by atoms with van der Waals surface area (Å²) in [4.78, 5) is 12.7. The molecule has 0 amide bonds. The Morgan fingerprint density at radius 2 is 1.93 bits per heavy atom. The number of hydrogen-bond donors (Lipinski definition) is 2. The first-order valence-electron chi connectivity index (χ1n) is 9.78. The van der Waals surface area contributed by atoms with Gasteiger partial charge in [0.15, 0.2) is 5.78 Å². The number of aromatic hydroxyl groups is 1. The van der Waals surface area contributed by atoms with E-state index >= 15 is 0 Å². The SMILES string of the molecule is CC(CCCc1ccccc1)Oc1cc(O)c2c(c1)CC(C)(C)C(=CO)C2=O. The van der Waals surface area contributed by atoms with Crippen molar-refractivity contribution < 1.29 is 19.7 Å². The Balaban J connectivity index is 1.69. The Morgan fingerprint density at radius 3 is 2.61 bits per heavy atom. The second kappa shape index (κ2) is 8.09. The molecule has 28 heavy (non-hydrogen) atoms. The third-order valence-corrected chi connectivity index (χ3v) is 5.39. The maximum Gasteiger partial charge on any atom is 0.196 e. The van der Waals surface area contributed by atoms with Crippen molar-refractivity contribution in [3.8, 4) is 11.5 Å². The monoisotopic (exact) mass is 380 g/mol. The van der Waals surface area contributed by atoms with Gasteiger partial charge in [0, 0.05) is 17.1 Å². The van der Waals surface area contributed by atoms with Crippen molar-refractivity contribution in [1.82, 2.24) is 0 Å². The zero-order valence-electron chi connectivity index (χ0n) is 16.7. The maximum atomic E-state index is 12.7. The Labute approximate surface area is 166 Å². The number of benzene rings is 2. The minimum absolute atomic E-state index is 0.00126. The summed E-state index contributed by atoms with van der Waals surface area (Å²) in [6, 6.07) is 13.7. The van der Waals surface area contributed by atoms with Crippen LogP contribution in [-0.2, 0) is 12.8 Å². The van der Waals surface area contributed by atoms with Gasteiger partial charge in [0.1, 0.15) is 11.5 Å². The van der Waals surface area contributed by atoms with Crippen molar-refractivity contribution >= 4 is 5.78 Å². The van der Waals surface area contributed by atoms with Crippen LogP contribution < -0.4 is 4.74 Å². The van der Waals surface area contributed by atoms with E-state index in [1.54, 1.807) is 0 Å². The molecule has 2 aromatic rings. The highest BCUT2D eigenvalue weighted by molar-refractivity contribution is 6.13. The molecule has 2 aromatic carbocycles. The smallest absolute Gasteiger partial charge is 0.196 e. The predicted molar refractivity (Wildman–Crippen MR) is 110 cm³/mol. The van der Waals surface area contributed by atoms with Crippen LogP contribution in [0.1, 0.15) is 55.1 Å². The molecule has 0 fully saturated rings. The molecule has 0 saturated heterocycles. The van der Waals surface area contributed by atoms with Gasteiger partial charge in [-0.2, -0.15) is 0 Å². The molecule has 0 radical (unpaired) electrons. The summed E-state index contributed by atoms with van der Waals surface area (Å²) in [5.41, 5.74) is 2.16. The number of Topliss-reactive ketones (excluding diaryl/α,β-unsaturated/α-hetero) is 1. The van der Waals surface area contributed by atoms with E-state index in [0.29, 0.717) is 17.7 Å². The molecule has 1 aliphatic rings. The summed E-state index contributed by atoms with van der Waals surface area (Å²) in [6.45, 7) is 5.84. The first kappa shape index (κ1) is 20.0. The van der Waals surface area contributed by atoms with Crippen molar-refractivity contribution in [2.75, 3.05) is 0 Å². The lowest BCUT2D eigenvalue weighted by atomic mass is 9.70. The average molecular weight is 380 g/mol. The third kappa shape index (κ3) is 4.22. The van der Waals surface area contributed by atoms with Crippen LogP contribution in [0, 0.1) is 5.41 Å². The number of phenols is 1. The fraction of sp³-hybridized carbons (Fsp3) is 0.375. The molecule has 1 atom stereocenters. The highest BCUT2D eigenvalue weighted by Gasteiger charge is 2.38. The van der Waals surface area contributed by atoms with Crippen molar-refractivity contribution in [3.05, 3.63) is 71.0 Å². The number of carbonyl (C=O) groups excluding carboxylic acids is 1. The van der Waals surface area contributed by atoms with E-state index in [0.717, 1.165) is 31.1 Å². The van der Waals surface area contributed by atoms with Crippen molar-refractivity contribution in [2.45, 2.75) is 52.6 Å². The van der Waals surface area contributed by atoms with E-state index in [-0.39, 0.29) is 23.2 Å². The first-order valence-corrected chi connectivity index (χ1v) is 9.78. The van der Waals surface area contributed by atoms with Gasteiger partial charge in [-0.25, -0.2) is 0 Å². The first-order chi connectivity index (χ1) is 13.3. The maximum absolute atomic E-state index is 12.7. The Kier molecular flexibility index (Phi) is 5.78. The fourth-order valence-corrected chi connectivity index (χ4v) is 3.90. The number of ether oxygens (including phenoxy) is 1. The summed E-state index contributed by atoms with van der Waals surface area (Å²) < 4.78 is 6.02. The number of carbonyl (C=O) groups is 1. The minimum Gasteiger partial charge on any atom is -0.515 e. The topological polar surface area (TPSA) is 66.8 Å². The zero-order chi connectivity index (χ0) is 20.3. The van der Waals surface area contributed by atoms with Gasteiger partial charge in [0.2, 0.25) is 0 Å². The number of phenolic OH excluding ortho intramolecular Hbond substituents is 1. The molecule has 0 aromatic heterocycles. The molecule has 1 unspecified atom stereocenters. The number of rotatable bonds is 6. The van der Waals surface area contributed by atoms with Crippen LogP contribution in [0.15, 0.2) is 54.3 Å². The summed E-state index contributed by atoms with van der Waals surface area (Å²) >= 11 is 0. The lowest BCUT2D eigenvalue weighted by Crippen LogP contribution is -2.30. The molecule has 2 N–H and O–H groups in total. The second-order valence-electron chi connectivity index (χ2n) is 8.22. The molecule has 0 bridgehead atoms. The van der Waals surface area contributed by atoms with E-state index in [9.17, 15) is 15.0 Å². The summed E-state index contributed by atoms with van der Waals surface area (Å²) in [7, 11) is 0. The molecule has 0 aliphatic heterocycles. The highest BCUT2D eigenvalue weighted by atomic mass is 16.5. The Bertz CT molecular complexity index is 881. The molecule has 0 saturated carbocycles. The molecule has 1 aliphatic carbocycles. The summed E-state index contributed by atoms with van der Waals surface area (Å²) in [6.07, 6.45) is 4.33. The van der Waals surface area contributed by atoms with Gasteiger partial charge in [0.05, 0.1) is 17.9 Å². The van der Waals surface area contributed by atoms with Crippen LogP contribution >= 0.6 is 0 Å². The fourth-order valence-electron chi connectivity index (χ4n) is 3.90. The zero-order valence-corrected chi connectivity index (χ0v) is 16.7. The van der Waals surface area contributed by atoms with Gasteiger partial charge in [-0.15, -0.1) is 0 Å².